The van der Waals surface area contributed by atoms with Crippen molar-refractivity contribution in [2.45, 2.75) is 33.6 Å². The van der Waals surface area contributed by atoms with Crippen molar-refractivity contribution in [3.05, 3.63) is 29.6 Å². The third kappa shape index (κ3) is 6.76. The van der Waals surface area contributed by atoms with E-state index in [0.29, 0.717) is 0 Å². The Kier molecular flexibility index (Phi) is 7.35. The van der Waals surface area contributed by atoms with Crippen molar-refractivity contribution >= 4 is 23.5 Å². The predicted octanol–water partition coefficient (Wildman–Crippen LogP) is 2.65. The molecule has 3 N–H and O–H groups in total. The highest BCUT2D eigenvalue weighted by molar-refractivity contribution is 5.96. The fourth-order valence-electron chi connectivity index (χ4n) is 2.07. The summed E-state index contributed by atoms with van der Waals surface area (Å²) in [5.41, 5.74) is 0.133. The monoisotopic (exact) mass is 338 g/mol. The van der Waals surface area contributed by atoms with Crippen LogP contribution in [0.3, 0.4) is 0 Å². The summed E-state index contributed by atoms with van der Waals surface area (Å²) >= 11 is 0. The summed E-state index contributed by atoms with van der Waals surface area (Å²) in [5, 5.41) is 13.7. The van der Waals surface area contributed by atoms with Crippen LogP contribution in [0, 0.1) is 17.7 Å². The highest BCUT2D eigenvalue weighted by Gasteiger charge is 2.14. The summed E-state index contributed by atoms with van der Waals surface area (Å²) in [6.45, 7) is 5.64. The maximum absolute atomic E-state index is 14.0. The first-order valence-corrected chi connectivity index (χ1v) is 7.78. The molecule has 7 heteroatoms. The van der Waals surface area contributed by atoms with Crippen molar-refractivity contribution in [2.75, 3.05) is 11.9 Å². The summed E-state index contributed by atoms with van der Waals surface area (Å²) in [5.74, 6) is -2.49. The number of carboxylic acids is 1. The maximum Gasteiger partial charge on any atom is 0.303 e. The lowest BCUT2D eigenvalue weighted by atomic mass is 10.1. The number of carbonyl (C=O) groups is 3. The van der Waals surface area contributed by atoms with E-state index >= 15 is 0 Å². The number of anilines is 1. The number of carbonyl (C=O) groups excluding carboxylic acids is 2. The molecular weight excluding hydrogens is 315 g/mol. The van der Waals surface area contributed by atoms with Gasteiger partial charge in [0.05, 0.1) is 5.69 Å². The molecule has 2 amide bonds. The van der Waals surface area contributed by atoms with E-state index < -0.39 is 17.7 Å². The minimum absolute atomic E-state index is 0.0245. The second-order valence-electron chi connectivity index (χ2n) is 6.25. The molecule has 0 heterocycles. The van der Waals surface area contributed by atoms with Gasteiger partial charge in [0.25, 0.3) is 5.91 Å². The third-order valence-electron chi connectivity index (χ3n) is 3.23. The SMILES string of the molecule is CC(C)CC(=O)Nc1ccc(C(=O)NCC(C)CC(=O)O)cc1F. The van der Waals surface area contributed by atoms with E-state index in [2.05, 4.69) is 10.6 Å². The molecule has 1 rings (SSSR count). The average Bonchev–Trinajstić information content (AvgIpc) is 2.45. The molecule has 0 aliphatic rings. The van der Waals surface area contributed by atoms with Crippen LogP contribution in [0.1, 0.15) is 44.0 Å². The zero-order chi connectivity index (χ0) is 18.3. The van der Waals surface area contributed by atoms with Crippen molar-refractivity contribution in [3.8, 4) is 0 Å². The Morgan fingerprint density at radius 3 is 2.38 bits per heavy atom. The molecule has 24 heavy (non-hydrogen) atoms. The Labute approximate surface area is 140 Å². The Balaban J connectivity index is 2.64. The summed E-state index contributed by atoms with van der Waals surface area (Å²) in [7, 11) is 0. The highest BCUT2D eigenvalue weighted by atomic mass is 19.1. The lowest BCUT2D eigenvalue weighted by molar-refractivity contribution is -0.137. The van der Waals surface area contributed by atoms with E-state index in [1.807, 2.05) is 13.8 Å². The molecule has 1 aromatic carbocycles. The number of hydrogen-bond donors (Lipinski definition) is 3. The Morgan fingerprint density at radius 2 is 1.83 bits per heavy atom. The summed E-state index contributed by atoms with van der Waals surface area (Å²) < 4.78 is 14.0. The largest absolute Gasteiger partial charge is 0.481 e. The number of aliphatic carboxylic acids is 1. The lowest BCUT2D eigenvalue weighted by Gasteiger charge is -2.12. The van der Waals surface area contributed by atoms with E-state index in [4.69, 9.17) is 5.11 Å². The maximum atomic E-state index is 14.0. The topological polar surface area (TPSA) is 95.5 Å². The molecule has 1 unspecified atom stereocenters. The molecule has 1 aromatic rings. The van der Waals surface area contributed by atoms with Gasteiger partial charge < -0.3 is 15.7 Å². The number of carboxylic acid groups (broad SMARTS) is 1. The first-order valence-electron chi connectivity index (χ1n) is 7.78. The first-order chi connectivity index (χ1) is 11.2. The zero-order valence-electron chi connectivity index (χ0n) is 14.1. The van der Waals surface area contributed by atoms with Crippen LogP contribution in [0.2, 0.25) is 0 Å². The van der Waals surface area contributed by atoms with Crippen molar-refractivity contribution in [2.24, 2.45) is 11.8 Å². The quantitative estimate of drug-likeness (QED) is 0.679. The van der Waals surface area contributed by atoms with E-state index in [-0.39, 0.29) is 48.4 Å². The lowest BCUT2D eigenvalue weighted by Crippen LogP contribution is -2.29. The molecule has 0 fully saturated rings. The molecule has 132 valence electrons. The van der Waals surface area contributed by atoms with Gasteiger partial charge in [0, 0.05) is 24.9 Å². The fraction of sp³-hybridized carbons (Fsp3) is 0.471. The van der Waals surface area contributed by atoms with Crippen LogP contribution in [0.15, 0.2) is 18.2 Å². The van der Waals surface area contributed by atoms with Crippen molar-refractivity contribution in [1.82, 2.24) is 5.32 Å². The van der Waals surface area contributed by atoms with E-state index in [0.717, 1.165) is 6.07 Å². The van der Waals surface area contributed by atoms with E-state index in [9.17, 15) is 18.8 Å². The van der Waals surface area contributed by atoms with E-state index in [1.165, 1.54) is 12.1 Å². The smallest absolute Gasteiger partial charge is 0.303 e. The summed E-state index contributed by atoms with van der Waals surface area (Å²) in [6.07, 6.45) is 0.221. The van der Waals surface area contributed by atoms with Crippen LogP contribution in [-0.4, -0.2) is 29.4 Å². The second kappa shape index (κ2) is 9.00. The predicted molar refractivity (Wildman–Crippen MR) is 88.2 cm³/mol. The molecule has 6 nitrogen and oxygen atoms in total. The standard InChI is InChI=1S/C17H23FN2O4/c1-10(2)6-15(21)20-14-5-4-12(8-13(14)18)17(24)19-9-11(3)7-16(22)23/h4-5,8,10-11H,6-7,9H2,1-3H3,(H,19,24)(H,20,21)(H,22,23). The van der Waals surface area contributed by atoms with Crippen LogP contribution < -0.4 is 10.6 Å². The van der Waals surface area contributed by atoms with Crippen LogP contribution in [-0.2, 0) is 9.59 Å². The van der Waals surface area contributed by atoms with Gasteiger partial charge in [-0.1, -0.05) is 20.8 Å². The fourth-order valence-corrected chi connectivity index (χ4v) is 2.07. The molecule has 0 bridgehead atoms. The molecule has 0 spiro atoms. The molecule has 0 radical (unpaired) electrons. The van der Waals surface area contributed by atoms with Gasteiger partial charge in [-0.3, -0.25) is 14.4 Å². The Bertz CT molecular complexity index is 617. The molecule has 0 aromatic heterocycles. The van der Waals surface area contributed by atoms with Gasteiger partial charge in [-0.05, 0) is 30.0 Å². The minimum Gasteiger partial charge on any atom is -0.481 e. The average molecular weight is 338 g/mol. The van der Waals surface area contributed by atoms with Gasteiger partial charge in [0.2, 0.25) is 5.91 Å². The summed E-state index contributed by atoms with van der Waals surface area (Å²) in [4.78, 5) is 34.2. The highest BCUT2D eigenvalue weighted by Crippen LogP contribution is 2.17. The van der Waals surface area contributed by atoms with Crippen LogP contribution in [0.4, 0.5) is 10.1 Å². The number of rotatable bonds is 8. The van der Waals surface area contributed by atoms with Crippen LogP contribution in [0.25, 0.3) is 0 Å². The molecule has 0 aliphatic heterocycles. The molecule has 1 atom stereocenters. The minimum atomic E-state index is -0.940. The van der Waals surface area contributed by atoms with E-state index in [1.54, 1.807) is 6.92 Å². The zero-order valence-corrected chi connectivity index (χ0v) is 14.1. The van der Waals surface area contributed by atoms with Gasteiger partial charge in [0.15, 0.2) is 0 Å². The van der Waals surface area contributed by atoms with Gasteiger partial charge in [-0.25, -0.2) is 4.39 Å². The molecule has 0 saturated heterocycles. The van der Waals surface area contributed by atoms with Gasteiger partial charge in [-0.15, -0.1) is 0 Å². The number of nitrogens with one attached hydrogen (secondary N) is 2. The van der Waals surface area contributed by atoms with Crippen LogP contribution >= 0.6 is 0 Å². The second-order valence-corrected chi connectivity index (χ2v) is 6.25. The molecule has 0 aliphatic carbocycles. The Morgan fingerprint density at radius 1 is 1.17 bits per heavy atom. The molecular formula is C17H23FN2O4. The number of amides is 2. The van der Waals surface area contributed by atoms with Crippen molar-refractivity contribution < 1.29 is 23.9 Å². The normalized spacial score (nSPS) is 11.9. The Hall–Kier alpha value is -2.44. The number of hydrogen-bond acceptors (Lipinski definition) is 3. The summed E-state index contributed by atoms with van der Waals surface area (Å²) in [6, 6.07) is 3.79. The van der Waals surface area contributed by atoms with Crippen molar-refractivity contribution in [1.29, 1.82) is 0 Å². The van der Waals surface area contributed by atoms with Crippen LogP contribution in [0.5, 0.6) is 0 Å². The number of benzene rings is 1. The number of halogens is 1. The van der Waals surface area contributed by atoms with Gasteiger partial charge in [0.1, 0.15) is 5.82 Å². The van der Waals surface area contributed by atoms with Gasteiger partial charge >= 0.3 is 5.97 Å². The first kappa shape index (κ1) is 19.6. The third-order valence-corrected chi connectivity index (χ3v) is 3.23. The van der Waals surface area contributed by atoms with Crippen molar-refractivity contribution in [3.63, 3.8) is 0 Å². The molecule has 0 saturated carbocycles. The van der Waals surface area contributed by atoms with Gasteiger partial charge in [-0.2, -0.15) is 0 Å².